The van der Waals surface area contributed by atoms with Gasteiger partial charge in [0.1, 0.15) is 5.00 Å². The van der Waals surface area contributed by atoms with Crippen LogP contribution in [0.2, 0.25) is 0 Å². The van der Waals surface area contributed by atoms with Gasteiger partial charge in [0.05, 0.1) is 17.6 Å². The van der Waals surface area contributed by atoms with Crippen molar-refractivity contribution in [1.82, 2.24) is 4.90 Å². The number of anilines is 1. The Kier molecular flexibility index (Phi) is 11.6. The number of hydrogen-bond acceptors (Lipinski definition) is 5. The minimum atomic E-state index is -0.538. The zero-order chi connectivity index (χ0) is 21.8. The quantitative estimate of drug-likeness (QED) is 0.339. The number of unbranched alkanes of at least 4 members (excludes halogenated alkanes) is 6. The van der Waals surface area contributed by atoms with Crippen LogP contribution in [0.5, 0.6) is 0 Å². The molecule has 2 amide bonds. The molecule has 0 spiro atoms. The van der Waals surface area contributed by atoms with E-state index in [1.165, 1.54) is 32.8 Å². The smallest absolute Gasteiger partial charge is 0.341 e. The number of nitrogens with zero attached hydrogens (tertiary/aromatic N) is 1. The maximum Gasteiger partial charge on any atom is 0.341 e. The number of carbonyl (C=O) groups excluding carboxylic acids is 3. The number of nitrogens with one attached hydrogen (secondary N) is 1. The van der Waals surface area contributed by atoms with E-state index in [1.807, 2.05) is 13.8 Å². The molecule has 1 aromatic rings. The zero-order valence-corrected chi connectivity index (χ0v) is 19.4. The van der Waals surface area contributed by atoms with Gasteiger partial charge in [-0.25, -0.2) is 4.79 Å². The molecular formula is C22H36N2O4S. The van der Waals surface area contributed by atoms with Gasteiger partial charge in [0, 0.05) is 19.5 Å². The van der Waals surface area contributed by atoms with Crippen LogP contribution < -0.4 is 5.32 Å². The first-order chi connectivity index (χ1) is 13.9. The summed E-state index contributed by atoms with van der Waals surface area (Å²) in [5, 5.41) is 3.24. The predicted molar refractivity (Wildman–Crippen MR) is 119 cm³/mol. The highest BCUT2D eigenvalue weighted by Crippen LogP contribution is 2.34. The van der Waals surface area contributed by atoms with Crippen LogP contribution in [-0.4, -0.2) is 42.9 Å². The molecule has 0 bridgehead atoms. The summed E-state index contributed by atoms with van der Waals surface area (Å²) < 4.78 is 4.88. The standard InChI is InChI=1S/C22H36N2O4S/c1-6-9-10-11-12-13-14-15-17(25)23-20-18(22(27)28-5)16(4)19(29-20)21(26)24(7-2)8-3/h6-15H2,1-5H3,(H,23,25). The van der Waals surface area contributed by atoms with Gasteiger partial charge < -0.3 is 15.0 Å². The van der Waals surface area contributed by atoms with Crippen LogP contribution in [0.4, 0.5) is 5.00 Å². The van der Waals surface area contributed by atoms with E-state index >= 15 is 0 Å². The highest BCUT2D eigenvalue weighted by molar-refractivity contribution is 7.18. The minimum Gasteiger partial charge on any atom is -0.465 e. The molecule has 1 N–H and O–H groups in total. The van der Waals surface area contributed by atoms with Crippen molar-refractivity contribution in [1.29, 1.82) is 0 Å². The lowest BCUT2D eigenvalue weighted by Gasteiger charge is -2.17. The molecule has 0 radical (unpaired) electrons. The Morgan fingerprint density at radius 1 is 0.966 bits per heavy atom. The average molecular weight is 425 g/mol. The Morgan fingerprint density at radius 3 is 2.10 bits per heavy atom. The second kappa shape index (κ2) is 13.4. The minimum absolute atomic E-state index is 0.129. The Labute approximate surface area is 179 Å². The lowest BCUT2D eigenvalue weighted by Crippen LogP contribution is -2.30. The van der Waals surface area contributed by atoms with Gasteiger partial charge in [0.2, 0.25) is 5.91 Å². The first-order valence-electron chi connectivity index (χ1n) is 10.7. The molecule has 0 saturated carbocycles. The molecule has 164 valence electrons. The lowest BCUT2D eigenvalue weighted by molar-refractivity contribution is -0.116. The molecule has 0 aliphatic rings. The number of carbonyl (C=O) groups is 3. The number of rotatable bonds is 13. The molecule has 7 heteroatoms. The van der Waals surface area contributed by atoms with Crippen molar-refractivity contribution in [3.05, 3.63) is 16.0 Å². The molecule has 1 heterocycles. The summed E-state index contributed by atoms with van der Waals surface area (Å²) in [5.41, 5.74) is 0.839. The van der Waals surface area contributed by atoms with E-state index in [-0.39, 0.29) is 17.4 Å². The predicted octanol–water partition coefficient (Wildman–Crippen LogP) is 5.40. The molecule has 0 aliphatic carbocycles. The van der Waals surface area contributed by atoms with Crippen molar-refractivity contribution in [3.8, 4) is 0 Å². The first kappa shape index (κ1) is 25.1. The molecular weight excluding hydrogens is 388 g/mol. The average Bonchev–Trinajstić information content (AvgIpc) is 3.03. The number of amides is 2. The topological polar surface area (TPSA) is 75.7 Å². The second-order valence-corrected chi connectivity index (χ2v) is 8.17. The Morgan fingerprint density at radius 2 is 1.55 bits per heavy atom. The van der Waals surface area contributed by atoms with Gasteiger partial charge in [0.15, 0.2) is 0 Å². The molecule has 6 nitrogen and oxygen atoms in total. The molecule has 1 rings (SSSR count). The third-order valence-electron chi connectivity index (χ3n) is 5.04. The molecule has 0 aliphatic heterocycles. The van der Waals surface area contributed by atoms with Crippen LogP contribution in [0.1, 0.15) is 97.7 Å². The Bertz CT molecular complexity index is 681. The van der Waals surface area contributed by atoms with Crippen molar-refractivity contribution in [2.24, 2.45) is 0 Å². The second-order valence-electron chi connectivity index (χ2n) is 7.15. The third kappa shape index (κ3) is 7.46. The molecule has 29 heavy (non-hydrogen) atoms. The number of hydrogen-bond donors (Lipinski definition) is 1. The van der Waals surface area contributed by atoms with Gasteiger partial charge >= 0.3 is 5.97 Å². The van der Waals surface area contributed by atoms with Crippen LogP contribution in [0, 0.1) is 6.92 Å². The van der Waals surface area contributed by atoms with Gasteiger partial charge in [-0.3, -0.25) is 9.59 Å². The van der Waals surface area contributed by atoms with Crippen molar-refractivity contribution in [2.45, 2.75) is 79.1 Å². The highest BCUT2D eigenvalue weighted by atomic mass is 32.1. The summed E-state index contributed by atoms with van der Waals surface area (Å²) in [5.74, 6) is -0.800. The number of thiophene rings is 1. The van der Waals surface area contributed by atoms with E-state index in [4.69, 9.17) is 4.74 Å². The van der Waals surface area contributed by atoms with E-state index in [1.54, 1.807) is 11.8 Å². The molecule has 0 saturated heterocycles. The summed E-state index contributed by atoms with van der Waals surface area (Å²) in [6, 6.07) is 0. The fourth-order valence-electron chi connectivity index (χ4n) is 3.24. The fraction of sp³-hybridized carbons (Fsp3) is 0.682. The SMILES string of the molecule is CCCCCCCCCC(=O)Nc1sc(C(=O)N(CC)CC)c(C)c1C(=O)OC. The van der Waals surface area contributed by atoms with Crippen LogP contribution in [0.3, 0.4) is 0 Å². The maximum atomic E-state index is 12.8. The Balaban J connectivity index is 2.81. The van der Waals surface area contributed by atoms with Crippen molar-refractivity contribution < 1.29 is 19.1 Å². The van der Waals surface area contributed by atoms with Crippen molar-refractivity contribution >= 4 is 34.1 Å². The van der Waals surface area contributed by atoms with Crippen LogP contribution in [-0.2, 0) is 9.53 Å². The number of ether oxygens (including phenoxy) is 1. The normalized spacial score (nSPS) is 10.7. The summed E-state index contributed by atoms with van der Waals surface area (Å²) in [7, 11) is 1.30. The zero-order valence-electron chi connectivity index (χ0n) is 18.6. The molecule has 0 atom stereocenters. The highest BCUT2D eigenvalue weighted by Gasteiger charge is 2.27. The van der Waals surface area contributed by atoms with E-state index in [0.717, 1.165) is 30.6 Å². The van der Waals surface area contributed by atoms with Crippen LogP contribution >= 0.6 is 11.3 Å². The molecule has 1 aromatic heterocycles. The van der Waals surface area contributed by atoms with Crippen LogP contribution in [0.15, 0.2) is 0 Å². The van der Waals surface area contributed by atoms with Gasteiger partial charge in [-0.2, -0.15) is 0 Å². The molecule has 0 unspecified atom stereocenters. The maximum absolute atomic E-state index is 12.8. The summed E-state index contributed by atoms with van der Waals surface area (Å²) in [4.78, 5) is 39.6. The third-order valence-corrected chi connectivity index (χ3v) is 6.24. The van der Waals surface area contributed by atoms with E-state index in [9.17, 15) is 14.4 Å². The van der Waals surface area contributed by atoms with E-state index in [0.29, 0.717) is 35.0 Å². The van der Waals surface area contributed by atoms with Crippen molar-refractivity contribution in [2.75, 3.05) is 25.5 Å². The Hall–Kier alpha value is -1.89. The molecule has 0 fully saturated rings. The summed E-state index contributed by atoms with van der Waals surface area (Å²) in [6.07, 6.45) is 8.35. The summed E-state index contributed by atoms with van der Waals surface area (Å²) >= 11 is 1.15. The lowest BCUT2D eigenvalue weighted by atomic mass is 10.1. The molecule has 0 aromatic carbocycles. The van der Waals surface area contributed by atoms with E-state index in [2.05, 4.69) is 12.2 Å². The van der Waals surface area contributed by atoms with Crippen LogP contribution in [0.25, 0.3) is 0 Å². The summed E-state index contributed by atoms with van der Waals surface area (Å²) in [6.45, 7) is 8.92. The van der Waals surface area contributed by atoms with Gasteiger partial charge in [0.25, 0.3) is 5.91 Å². The van der Waals surface area contributed by atoms with Gasteiger partial charge in [-0.1, -0.05) is 45.4 Å². The largest absolute Gasteiger partial charge is 0.465 e. The first-order valence-corrected chi connectivity index (χ1v) is 11.5. The van der Waals surface area contributed by atoms with Gasteiger partial charge in [-0.15, -0.1) is 11.3 Å². The van der Waals surface area contributed by atoms with Gasteiger partial charge in [-0.05, 0) is 32.8 Å². The fourth-order valence-corrected chi connectivity index (χ4v) is 4.42. The number of esters is 1. The number of methoxy groups -OCH3 is 1. The monoisotopic (exact) mass is 424 g/mol. The van der Waals surface area contributed by atoms with Crippen molar-refractivity contribution in [3.63, 3.8) is 0 Å². The van der Waals surface area contributed by atoms with E-state index < -0.39 is 5.97 Å².